The van der Waals surface area contributed by atoms with Gasteiger partial charge in [-0.1, -0.05) is 18.2 Å². The van der Waals surface area contributed by atoms with Crippen molar-refractivity contribution in [3.8, 4) is 11.8 Å². The molecule has 2 aromatic carbocycles. The van der Waals surface area contributed by atoms with E-state index in [1.54, 1.807) is 31.4 Å². The molecule has 0 atom stereocenters. The Kier molecular flexibility index (Phi) is 6.81. The number of amides is 1. The SMILES string of the molecule is COc1ccc(CCNCCC(=O)Nc2cccc(C#N)c2)cc1. The first-order valence-corrected chi connectivity index (χ1v) is 7.85. The van der Waals surface area contributed by atoms with Gasteiger partial charge in [0.2, 0.25) is 5.91 Å². The average molecular weight is 323 g/mol. The predicted octanol–water partition coefficient (Wildman–Crippen LogP) is 2.73. The van der Waals surface area contributed by atoms with E-state index < -0.39 is 0 Å². The third-order valence-electron chi connectivity index (χ3n) is 3.55. The number of rotatable bonds is 8. The maximum atomic E-state index is 11.9. The zero-order valence-corrected chi connectivity index (χ0v) is 13.7. The van der Waals surface area contributed by atoms with E-state index in [2.05, 4.69) is 16.7 Å². The summed E-state index contributed by atoms with van der Waals surface area (Å²) in [4.78, 5) is 11.9. The summed E-state index contributed by atoms with van der Waals surface area (Å²) in [6.07, 6.45) is 1.29. The number of ether oxygens (including phenoxy) is 1. The van der Waals surface area contributed by atoms with Crippen LogP contribution in [0.2, 0.25) is 0 Å². The Hall–Kier alpha value is -2.84. The number of nitriles is 1. The molecule has 2 rings (SSSR count). The maximum Gasteiger partial charge on any atom is 0.225 e. The van der Waals surface area contributed by atoms with Crippen molar-refractivity contribution in [2.45, 2.75) is 12.8 Å². The maximum absolute atomic E-state index is 11.9. The van der Waals surface area contributed by atoms with Crippen LogP contribution in [0.15, 0.2) is 48.5 Å². The molecule has 0 spiro atoms. The summed E-state index contributed by atoms with van der Waals surface area (Å²) < 4.78 is 5.12. The molecule has 24 heavy (non-hydrogen) atoms. The van der Waals surface area contributed by atoms with Crippen molar-refractivity contribution in [2.75, 3.05) is 25.5 Å². The molecule has 0 radical (unpaired) electrons. The van der Waals surface area contributed by atoms with Crippen molar-refractivity contribution in [3.05, 3.63) is 59.7 Å². The third-order valence-corrected chi connectivity index (χ3v) is 3.55. The lowest BCUT2D eigenvalue weighted by Crippen LogP contribution is -2.23. The van der Waals surface area contributed by atoms with Gasteiger partial charge in [0, 0.05) is 18.7 Å². The van der Waals surface area contributed by atoms with Gasteiger partial charge in [0.1, 0.15) is 5.75 Å². The summed E-state index contributed by atoms with van der Waals surface area (Å²) in [5, 5.41) is 14.9. The number of hydrogen-bond donors (Lipinski definition) is 2. The summed E-state index contributed by atoms with van der Waals surface area (Å²) in [7, 11) is 1.65. The lowest BCUT2D eigenvalue weighted by Gasteiger charge is -2.07. The monoisotopic (exact) mass is 323 g/mol. The molecule has 124 valence electrons. The van der Waals surface area contributed by atoms with E-state index in [4.69, 9.17) is 10.00 Å². The predicted molar refractivity (Wildman–Crippen MR) is 94.0 cm³/mol. The number of methoxy groups -OCH3 is 1. The van der Waals surface area contributed by atoms with Gasteiger partial charge in [0.25, 0.3) is 0 Å². The van der Waals surface area contributed by atoms with Gasteiger partial charge in [-0.25, -0.2) is 0 Å². The van der Waals surface area contributed by atoms with Gasteiger partial charge in [-0.15, -0.1) is 0 Å². The quantitative estimate of drug-likeness (QED) is 0.733. The average Bonchev–Trinajstić information content (AvgIpc) is 2.62. The number of hydrogen-bond acceptors (Lipinski definition) is 4. The van der Waals surface area contributed by atoms with Gasteiger partial charge in [-0.3, -0.25) is 4.79 Å². The van der Waals surface area contributed by atoms with E-state index in [9.17, 15) is 4.79 Å². The van der Waals surface area contributed by atoms with Crippen LogP contribution in [0.25, 0.3) is 0 Å². The van der Waals surface area contributed by atoms with Crippen LogP contribution in [0.5, 0.6) is 5.75 Å². The summed E-state index contributed by atoms with van der Waals surface area (Å²) in [6.45, 7) is 1.42. The standard InChI is InChI=1S/C19H21N3O2/c1-24-18-7-5-15(6-8-18)9-11-21-12-10-19(23)22-17-4-2-3-16(13-17)14-20/h2-8,13,21H,9-12H2,1H3,(H,22,23). The molecule has 0 saturated heterocycles. The Morgan fingerprint density at radius 3 is 2.67 bits per heavy atom. The van der Waals surface area contributed by atoms with Crippen LogP contribution in [0, 0.1) is 11.3 Å². The van der Waals surface area contributed by atoms with Crippen molar-refractivity contribution < 1.29 is 9.53 Å². The normalized spacial score (nSPS) is 10.0. The summed E-state index contributed by atoms with van der Waals surface area (Å²) in [5.74, 6) is 0.783. The van der Waals surface area contributed by atoms with Crippen LogP contribution in [0.3, 0.4) is 0 Å². The highest BCUT2D eigenvalue weighted by Gasteiger charge is 2.03. The minimum absolute atomic E-state index is 0.0676. The van der Waals surface area contributed by atoms with E-state index in [0.717, 1.165) is 18.7 Å². The molecular weight excluding hydrogens is 302 g/mol. The molecule has 2 N–H and O–H groups in total. The molecule has 0 unspecified atom stereocenters. The number of anilines is 1. The number of nitrogens with zero attached hydrogens (tertiary/aromatic N) is 1. The van der Waals surface area contributed by atoms with Crippen LogP contribution in [0.4, 0.5) is 5.69 Å². The van der Waals surface area contributed by atoms with Gasteiger partial charge in [0.15, 0.2) is 0 Å². The van der Waals surface area contributed by atoms with Gasteiger partial charge < -0.3 is 15.4 Å². The van der Waals surface area contributed by atoms with Crippen LogP contribution < -0.4 is 15.4 Å². The second-order valence-electron chi connectivity index (χ2n) is 5.34. The first-order valence-electron chi connectivity index (χ1n) is 7.85. The summed E-state index contributed by atoms with van der Waals surface area (Å²) >= 11 is 0. The largest absolute Gasteiger partial charge is 0.497 e. The van der Waals surface area contributed by atoms with Crippen LogP contribution in [-0.2, 0) is 11.2 Å². The topological polar surface area (TPSA) is 74.2 Å². The fourth-order valence-corrected chi connectivity index (χ4v) is 2.24. The molecular formula is C19H21N3O2. The van der Waals surface area contributed by atoms with E-state index in [0.29, 0.717) is 24.2 Å². The van der Waals surface area contributed by atoms with Crippen molar-refractivity contribution in [1.29, 1.82) is 5.26 Å². The fourth-order valence-electron chi connectivity index (χ4n) is 2.24. The van der Waals surface area contributed by atoms with E-state index in [1.807, 2.05) is 24.3 Å². The lowest BCUT2D eigenvalue weighted by molar-refractivity contribution is -0.116. The Morgan fingerprint density at radius 1 is 1.17 bits per heavy atom. The van der Waals surface area contributed by atoms with E-state index in [-0.39, 0.29) is 5.91 Å². The Morgan fingerprint density at radius 2 is 1.96 bits per heavy atom. The molecule has 0 aliphatic carbocycles. The van der Waals surface area contributed by atoms with Crippen LogP contribution in [-0.4, -0.2) is 26.1 Å². The first kappa shape index (κ1) is 17.5. The highest BCUT2D eigenvalue weighted by atomic mass is 16.5. The van der Waals surface area contributed by atoms with Gasteiger partial charge in [-0.2, -0.15) is 5.26 Å². The zero-order chi connectivity index (χ0) is 17.2. The molecule has 0 bridgehead atoms. The van der Waals surface area contributed by atoms with Gasteiger partial charge in [0.05, 0.1) is 18.7 Å². The second kappa shape index (κ2) is 9.33. The smallest absolute Gasteiger partial charge is 0.225 e. The molecule has 0 aliphatic heterocycles. The molecule has 2 aromatic rings. The molecule has 5 nitrogen and oxygen atoms in total. The lowest BCUT2D eigenvalue weighted by atomic mass is 10.1. The number of carbonyl (C=O) groups excluding carboxylic acids is 1. The zero-order valence-electron chi connectivity index (χ0n) is 13.7. The summed E-state index contributed by atoms with van der Waals surface area (Å²) in [5.41, 5.74) is 2.41. The van der Waals surface area contributed by atoms with Gasteiger partial charge >= 0.3 is 0 Å². The van der Waals surface area contributed by atoms with E-state index >= 15 is 0 Å². The van der Waals surface area contributed by atoms with Crippen molar-refractivity contribution >= 4 is 11.6 Å². The Bertz CT molecular complexity index is 705. The molecule has 0 aliphatic rings. The number of benzene rings is 2. The highest BCUT2D eigenvalue weighted by Crippen LogP contribution is 2.11. The summed E-state index contributed by atoms with van der Waals surface area (Å²) in [6, 6.07) is 16.9. The van der Waals surface area contributed by atoms with Crippen molar-refractivity contribution in [1.82, 2.24) is 5.32 Å². The van der Waals surface area contributed by atoms with Gasteiger partial charge in [-0.05, 0) is 48.9 Å². The first-order chi connectivity index (χ1) is 11.7. The molecule has 1 amide bonds. The Balaban J connectivity index is 1.64. The minimum Gasteiger partial charge on any atom is -0.497 e. The minimum atomic E-state index is -0.0676. The third kappa shape index (κ3) is 5.75. The fraction of sp³-hybridized carbons (Fsp3) is 0.263. The molecule has 5 heteroatoms. The van der Waals surface area contributed by atoms with Crippen molar-refractivity contribution in [2.24, 2.45) is 0 Å². The highest BCUT2D eigenvalue weighted by molar-refractivity contribution is 5.90. The van der Waals surface area contributed by atoms with Crippen molar-refractivity contribution in [3.63, 3.8) is 0 Å². The molecule has 0 heterocycles. The number of carbonyl (C=O) groups is 1. The number of nitrogens with one attached hydrogen (secondary N) is 2. The Labute approximate surface area is 142 Å². The molecule has 0 saturated carbocycles. The second-order valence-corrected chi connectivity index (χ2v) is 5.34. The molecule has 0 fully saturated rings. The van der Waals surface area contributed by atoms with E-state index in [1.165, 1.54) is 5.56 Å². The molecule has 0 aromatic heterocycles. The van der Waals surface area contributed by atoms with Crippen LogP contribution >= 0.6 is 0 Å². The van der Waals surface area contributed by atoms with Crippen LogP contribution in [0.1, 0.15) is 17.5 Å².